The third kappa shape index (κ3) is 2.64. The molecule has 3 aliphatic carbocycles. The predicted molar refractivity (Wildman–Crippen MR) is 127 cm³/mol. The molecule has 4 nitrogen and oxygen atoms in total. The van der Waals surface area contributed by atoms with E-state index in [1.165, 1.54) is 27.2 Å². The van der Waals surface area contributed by atoms with Crippen LogP contribution in [0.2, 0.25) is 0 Å². The van der Waals surface area contributed by atoms with E-state index in [1.54, 1.807) is 0 Å². The second-order valence-electron chi connectivity index (χ2n) is 9.57. The van der Waals surface area contributed by atoms with Gasteiger partial charge in [-0.3, -0.25) is 9.59 Å². The molecule has 0 N–H and O–H groups in total. The van der Waals surface area contributed by atoms with E-state index in [2.05, 4.69) is 38.1 Å². The Morgan fingerprint density at radius 2 is 1.45 bits per heavy atom. The summed E-state index contributed by atoms with van der Waals surface area (Å²) in [4.78, 5) is 29.2. The number of ether oxygens (including phenoxy) is 1. The van der Waals surface area contributed by atoms with Crippen LogP contribution < -0.4 is 9.64 Å². The maximum absolute atomic E-state index is 13.9. The molecule has 1 fully saturated rings. The lowest BCUT2D eigenvalue weighted by Crippen LogP contribution is -2.51. The summed E-state index contributed by atoms with van der Waals surface area (Å²) >= 11 is 0. The highest BCUT2D eigenvalue weighted by Crippen LogP contribution is 2.64. The van der Waals surface area contributed by atoms with Gasteiger partial charge in [-0.25, -0.2) is 4.90 Å². The van der Waals surface area contributed by atoms with Gasteiger partial charge in [0, 0.05) is 11.3 Å². The van der Waals surface area contributed by atoms with E-state index < -0.39 is 11.3 Å². The third-order valence-corrected chi connectivity index (χ3v) is 7.90. The molecule has 0 saturated carbocycles. The largest absolute Gasteiger partial charge is 0.494 e. The zero-order valence-corrected chi connectivity index (χ0v) is 19.0. The molecule has 3 aromatic carbocycles. The number of hydrogen-bond acceptors (Lipinski definition) is 3. The number of nitrogens with zero attached hydrogens (tertiary/aromatic N) is 1. The maximum atomic E-state index is 13.9. The van der Waals surface area contributed by atoms with Gasteiger partial charge in [-0.1, -0.05) is 68.8 Å². The molecule has 2 atom stereocenters. The van der Waals surface area contributed by atoms with Crippen molar-refractivity contribution in [3.63, 3.8) is 0 Å². The van der Waals surface area contributed by atoms with Crippen LogP contribution in [-0.2, 0) is 15.0 Å². The first-order valence-corrected chi connectivity index (χ1v) is 11.9. The van der Waals surface area contributed by atoms with E-state index in [0.29, 0.717) is 12.3 Å². The Kier molecular flexibility index (Phi) is 4.48. The highest BCUT2D eigenvalue weighted by molar-refractivity contribution is 6.23. The van der Waals surface area contributed by atoms with Crippen molar-refractivity contribution < 1.29 is 14.3 Å². The quantitative estimate of drug-likeness (QED) is 0.395. The van der Waals surface area contributed by atoms with Gasteiger partial charge < -0.3 is 4.74 Å². The molecule has 166 valence electrons. The Balaban J connectivity index is 1.43. The van der Waals surface area contributed by atoms with E-state index >= 15 is 0 Å². The Morgan fingerprint density at radius 1 is 0.848 bits per heavy atom. The Labute approximate surface area is 194 Å². The molecule has 1 heterocycles. The van der Waals surface area contributed by atoms with Crippen molar-refractivity contribution in [1.82, 2.24) is 0 Å². The third-order valence-electron chi connectivity index (χ3n) is 7.90. The normalized spacial score (nSPS) is 26.7. The lowest BCUT2D eigenvalue weighted by molar-refractivity contribution is -0.123. The van der Waals surface area contributed by atoms with Gasteiger partial charge in [-0.15, -0.1) is 0 Å². The van der Waals surface area contributed by atoms with Gasteiger partial charge in [0.1, 0.15) is 5.75 Å². The standard InChI is InChI=1S/C29H27NO3/c1-3-4-17-33-19-15-13-18(14-16-19)30-27(31)25-24-20-9-5-7-11-22(20)29(2,26(25)28(30)32)23-12-8-6-10-21(23)24/h5-16,24-26H,3-4,17H2,1-2H3/t24?,25-,26-,29?/m1/s1. The monoisotopic (exact) mass is 437 g/mol. The van der Waals surface area contributed by atoms with Crippen LogP contribution in [-0.4, -0.2) is 18.4 Å². The first kappa shape index (κ1) is 20.2. The fourth-order valence-electron chi connectivity index (χ4n) is 6.43. The number of rotatable bonds is 5. The minimum absolute atomic E-state index is 0.0927. The van der Waals surface area contributed by atoms with Crippen LogP contribution in [0.4, 0.5) is 5.69 Å². The summed E-state index contributed by atoms with van der Waals surface area (Å²) in [6, 6.07) is 24.1. The van der Waals surface area contributed by atoms with Gasteiger partial charge in [0.05, 0.1) is 24.1 Å². The summed E-state index contributed by atoms with van der Waals surface area (Å²) in [5.41, 5.74) is 4.82. The van der Waals surface area contributed by atoms with Gasteiger partial charge in [0.2, 0.25) is 11.8 Å². The number of anilines is 1. The van der Waals surface area contributed by atoms with Crippen LogP contribution in [0.3, 0.4) is 0 Å². The van der Waals surface area contributed by atoms with E-state index in [1.807, 2.05) is 48.5 Å². The lowest BCUT2D eigenvalue weighted by atomic mass is 9.48. The summed E-state index contributed by atoms with van der Waals surface area (Å²) in [7, 11) is 0. The molecule has 3 aromatic rings. The average Bonchev–Trinajstić information content (AvgIpc) is 3.11. The van der Waals surface area contributed by atoms with E-state index in [-0.39, 0.29) is 23.7 Å². The van der Waals surface area contributed by atoms with Crippen LogP contribution in [0.15, 0.2) is 72.8 Å². The zero-order valence-electron chi connectivity index (χ0n) is 19.0. The second kappa shape index (κ2) is 7.31. The molecular formula is C29H27NO3. The fourth-order valence-corrected chi connectivity index (χ4v) is 6.43. The number of imide groups is 1. The van der Waals surface area contributed by atoms with Gasteiger partial charge in [-0.2, -0.15) is 0 Å². The minimum Gasteiger partial charge on any atom is -0.494 e. The molecule has 4 heteroatoms. The molecule has 2 amide bonds. The van der Waals surface area contributed by atoms with E-state index in [9.17, 15) is 9.59 Å². The number of unbranched alkanes of at least 4 members (excludes halogenated alkanes) is 1. The van der Waals surface area contributed by atoms with Crippen molar-refractivity contribution in [2.45, 2.75) is 38.0 Å². The molecule has 4 aliphatic rings. The summed E-state index contributed by atoms with van der Waals surface area (Å²) in [6.45, 7) is 4.94. The second-order valence-corrected chi connectivity index (χ2v) is 9.57. The highest BCUT2D eigenvalue weighted by Gasteiger charge is 2.66. The van der Waals surface area contributed by atoms with Crippen molar-refractivity contribution in [1.29, 1.82) is 0 Å². The Hall–Kier alpha value is -3.40. The maximum Gasteiger partial charge on any atom is 0.238 e. The number of amides is 2. The summed E-state index contributed by atoms with van der Waals surface area (Å²) < 4.78 is 5.77. The zero-order chi connectivity index (χ0) is 22.7. The minimum atomic E-state index is -0.530. The number of benzene rings is 3. The molecule has 0 unspecified atom stereocenters. The smallest absolute Gasteiger partial charge is 0.238 e. The summed E-state index contributed by atoms with van der Waals surface area (Å²) in [5, 5.41) is 0. The number of carbonyl (C=O) groups excluding carboxylic acids is 2. The predicted octanol–water partition coefficient (Wildman–Crippen LogP) is 5.44. The molecule has 1 saturated heterocycles. The van der Waals surface area contributed by atoms with Crippen molar-refractivity contribution in [2.75, 3.05) is 11.5 Å². The summed E-state index contributed by atoms with van der Waals surface area (Å²) in [5.74, 6) is -0.308. The SMILES string of the molecule is CCCCOc1ccc(N2C(=O)[C@@H]3C4c5ccccc5C(C)(c5ccccc54)[C@H]3C2=O)cc1. The average molecular weight is 438 g/mol. The van der Waals surface area contributed by atoms with Crippen molar-refractivity contribution >= 4 is 17.5 Å². The number of hydrogen-bond donors (Lipinski definition) is 0. The lowest BCUT2D eigenvalue weighted by Gasteiger charge is -2.52. The first-order valence-electron chi connectivity index (χ1n) is 11.9. The Bertz CT molecular complexity index is 1210. The summed E-state index contributed by atoms with van der Waals surface area (Å²) in [6.07, 6.45) is 2.07. The van der Waals surface area contributed by atoms with Crippen LogP contribution in [0.1, 0.15) is 54.9 Å². The fraction of sp³-hybridized carbons (Fsp3) is 0.310. The Morgan fingerprint density at radius 3 is 2.06 bits per heavy atom. The van der Waals surface area contributed by atoms with E-state index in [4.69, 9.17) is 4.74 Å². The van der Waals surface area contributed by atoms with Gasteiger partial charge in [-0.05, 0) is 52.9 Å². The van der Waals surface area contributed by atoms with Crippen LogP contribution in [0.5, 0.6) is 5.75 Å². The molecule has 0 aromatic heterocycles. The molecule has 0 radical (unpaired) electrons. The van der Waals surface area contributed by atoms with Crippen LogP contribution in [0, 0.1) is 11.8 Å². The van der Waals surface area contributed by atoms with E-state index in [0.717, 1.165) is 18.6 Å². The topological polar surface area (TPSA) is 46.6 Å². The van der Waals surface area contributed by atoms with Gasteiger partial charge in [0.25, 0.3) is 0 Å². The first-order chi connectivity index (χ1) is 16.1. The van der Waals surface area contributed by atoms with Crippen LogP contribution >= 0.6 is 0 Å². The molecular weight excluding hydrogens is 410 g/mol. The van der Waals surface area contributed by atoms with Crippen molar-refractivity contribution in [3.8, 4) is 5.75 Å². The van der Waals surface area contributed by atoms with Gasteiger partial charge in [0.15, 0.2) is 0 Å². The molecule has 2 bridgehead atoms. The molecule has 7 rings (SSSR count). The van der Waals surface area contributed by atoms with Gasteiger partial charge >= 0.3 is 0 Å². The van der Waals surface area contributed by atoms with Crippen molar-refractivity contribution in [3.05, 3.63) is 95.1 Å². The molecule has 1 aliphatic heterocycles. The highest BCUT2D eigenvalue weighted by atomic mass is 16.5. The number of carbonyl (C=O) groups is 2. The van der Waals surface area contributed by atoms with Crippen molar-refractivity contribution in [2.24, 2.45) is 11.8 Å². The molecule has 33 heavy (non-hydrogen) atoms. The van der Waals surface area contributed by atoms with Crippen LogP contribution in [0.25, 0.3) is 0 Å². The molecule has 0 spiro atoms.